The van der Waals surface area contributed by atoms with Crippen molar-refractivity contribution in [3.8, 4) is 0 Å². The molecule has 0 fully saturated rings. The highest BCUT2D eigenvalue weighted by Gasteiger charge is 1.90. The van der Waals surface area contributed by atoms with Gasteiger partial charge < -0.3 is 5.11 Å². The summed E-state index contributed by atoms with van der Waals surface area (Å²) in [5.41, 5.74) is 0. The SMILES string of the molecule is CC=CCCC=CCCC(C)O. The van der Waals surface area contributed by atoms with E-state index in [4.69, 9.17) is 5.11 Å². The molecule has 1 N–H and O–H groups in total. The molecule has 1 atom stereocenters. The van der Waals surface area contributed by atoms with Crippen LogP contribution in [0.25, 0.3) is 0 Å². The first-order valence-corrected chi connectivity index (χ1v) is 4.71. The topological polar surface area (TPSA) is 20.2 Å². The van der Waals surface area contributed by atoms with E-state index in [2.05, 4.69) is 24.3 Å². The quantitative estimate of drug-likeness (QED) is 0.477. The number of aliphatic hydroxyl groups is 1. The van der Waals surface area contributed by atoms with Gasteiger partial charge in [0.05, 0.1) is 6.10 Å². The minimum Gasteiger partial charge on any atom is -0.393 e. The Bertz CT molecular complexity index is 134. The van der Waals surface area contributed by atoms with Crippen molar-refractivity contribution < 1.29 is 5.11 Å². The van der Waals surface area contributed by atoms with Gasteiger partial charge in [0.25, 0.3) is 0 Å². The Hall–Kier alpha value is -0.560. The largest absolute Gasteiger partial charge is 0.393 e. The van der Waals surface area contributed by atoms with Crippen LogP contribution in [0.3, 0.4) is 0 Å². The summed E-state index contributed by atoms with van der Waals surface area (Å²) in [6.45, 7) is 3.87. The second-order valence-electron chi connectivity index (χ2n) is 3.04. The maximum atomic E-state index is 8.95. The van der Waals surface area contributed by atoms with Gasteiger partial charge in [0.15, 0.2) is 0 Å². The van der Waals surface area contributed by atoms with Crippen LogP contribution in [-0.4, -0.2) is 11.2 Å². The lowest BCUT2D eigenvalue weighted by molar-refractivity contribution is 0.186. The summed E-state index contributed by atoms with van der Waals surface area (Å²) in [6.07, 6.45) is 12.5. The first kappa shape index (κ1) is 11.4. The summed E-state index contributed by atoms with van der Waals surface area (Å²) in [6, 6.07) is 0. The highest BCUT2D eigenvalue weighted by molar-refractivity contribution is 4.86. The van der Waals surface area contributed by atoms with Crippen molar-refractivity contribution in [3.05, 3.63) is 24.3 Å². The second kappa shape index (κ2) is 8.54. The van der Waals surface area contributed by atoms with Crippen LogP contribution < -0.4 is 0 Å². The molecule has 0 aromatic rings. The fourth-order valence-corrected chi connectivity index (χ4v) is 0.932. The Morgan fingerprint density at radius 3 is 2.25 bits per heavy atom. The number of allylic oxidation sites excluding steroid dienone is 4. The smallest absolute Gasteiger partial charge is 0.0515 e. The van der Waals surface area contributed by atoms with Crippen LogP contribution >= 0.6 is 0 Å². The van der Waals surface area contributed by atoms with Crippen LogP contribution in [0.4, 0.5) is 0 Å². The molecule has 0 aromatic heterocycles. The first-order chi connectivity index (χ1) is 5.77. The van der Waals surface area contributed by atoms with Crippen molar-refractivity contribution in [3.63, 3.8) is 0 Å². The zero-order valence-electron chi connectivity index (χ0n) is 8.16. The molecule has 0 saturated heterocycles. The zero-order chi connectivity index (χ0) is 9.23. The fraction of sp³-hybridized carbons (Fsp3) is 0.636. The van der Waals surface area contributed by atoms with Gasteiger partial charge in [0.1, 0.15) is 0 Å². The van der Waals surface area contributed by atoms with E-state index < -0.39 is 0 Å². The van der Waals surface area contributed by atoms with Gasteiger partial charge >= 0.3 is 0 Å². The summed E-state index contributed by atoms with van der Waals surface area (Å²) in [5.74, 6) is 0. The van der Waals surface area contributed by atoms with Crippen molar-refractivity contribution in [1.29, 1.82) is 0 Å². The van der Waals surface area contributed by atoms with E-state index in [1.165, 1.54) is 0 Å². The molecule has 0 saturated carbocycles. The molecule has 0 heterocycles. The molecule has 0 spiro atoms. The molecular weight excluding hydrogens is 148 g/mol. The predicted molar refractivity (Wildman–Crippen MR) is 54.1 cm³/mol. The molecule has 70 valence electrons. The van der Waals surface area contributed by atoms with E-state index in [0.29, 0.717) is 0 Å². The van der Waals surface area contributed by atoms with Gasteiger partial charge in [-0.05, 0) is 39.5 Å². The van der Waals surface area contributed by atoms with Crippen molar-refractivity contribution in [1.82, 2.24) is 0 Å². The maximum Gasteiger partial charge on any atom is 0.0515 e. The van der Waals surface area contributed by atoms with Crippen molar-refractivity contribution >= 4 is 0 Å². The number of hydrogen-bond donors (Lipinski definition) is 1. The Morgan fingerprint density at radius 2 is 1.67 bits per heavy atom. The summed E-state index contributed by atoms with van der Waals surface area (Å²) in [4.78, 5) is 0. The minimum absolute atomic E-state index is 0.162. The molecule has 1 nitrogen and oxygen atoms in total. The maximum absolute atomic E-state index is 8.95. The van der Waals surface area contributed by atoms with Crippen LogP contribution in [0, 0.1) is 0 Å². The first-order valence-electron chi connectivity index (χ1n) is 4.71. The van der Waals surface area contributed by atoms with Gasteiger partial charge in [-0.15, -0.1) is 0 Å². The fourth-order valence-electron chi connectivity index (χ4n) is 0.932. The molecule has 0 aliphatic carbocycles. The molecule has 0 aliphatic rings. The Kier molecular flexibility index (Phi) is 8.14. The van der Waals surface area contributed by atoms with E-state index in [1.54, 1.807) is 0 Å². The van der Waals surface area contributed by atoms with Crippen molar-refractivity contribution in [2.45, 2.75) is 45.6 Å². The van der Waals surface area contributed by atoms with Crippen LogP contribution in [0.1, 0.15) is 39.5 Å². The van der Waals surface area contributed by atoms with Gasteiger partial charge in [-0.3, -0.25) is 0 Å². The summed E-state index contributed by atoms with van der Waals surface area (Å²) >= 11 is 0. The third kappa shape index (κ3) is 9.44. The molecule has 0 aliphatic heterocycles. The molecule has 0 aromatic carbocycles. The molecule has 1 unspecified atom stereocenters. The van der Waals surface area contributed by atoms with Crippen LogP contribution in [0.15, 0.2) is 24.3 Å². The van der Waals surface area contributed by atoms with E-state index in [1.807, 2.05) is 13.8 Å². The average molecular weight is 168 g/mol. The lowest BCUT2D eigenvalue weighted by Gasteiger charge is -1.97. The van der Waals surface area contributed by atoms with Crippen LogP contribution in [-0.2, 0) is 0 Å². The van der Waals surface area contributed by atoms with E-state index in [-0.39, 0.29) is 6.10 Å². The van der Waals surface area contributed by atoms with Gasteiger partial charge in [0.2, 0.25) is 0 Å². The summed E-state index contributed by atoms with van der Waals surface area (Å²) < 4.78 is 0. The molecule has 1 heteroatoms. The van der Waals surface area contributed by atoms with Crippen LogP contribution in [0.5, 0.6) is 0 Å². The highest BCUT2D eigenvalue weighted by atomic mass is 16.3. The number of aliphatic hydroxyl groups excluding tert-OH is 1. The third-order valence-electron chi connectivity index (χ3n) is 1.65. The standard InChI is InChI=1S/C11H20O/c1-3-4-5-6-7-8-9-10-11(2)12/h3-4,7-8,11-12H,5-6,9-10H2,1-2H3. The van der Waals surface area contributed by atoms with Gasteiger partial charge in [-0.2, -0.15) is 0 Å². The van der Waals surface area contributed by atoms with Gasteiger partial charge in [-0.25, -0.2) is 0 Å². The molecule has 0 rings (SSSR count). The zero-order valence-corrected chi connectivity index (χ0v) is 8.16. The third-order valence-corrected chi connectivity index (χ3v) is 1.65. The van der Waals surface area contributed by atoms with E-state index in [0.717, 1.165) is 25.7 Å². The van der Waals surface area contributed by atoms with Crippen molar-refractivity contribution in [2.24, 2.45) is 0 Å². The summed E-state index contributed by atoms with van der Waals surface area (Å²) in [5, 5.41) is 8.95. The number of hydrogen-bond acceptors (Lipinski definition) is 1. The van der Waals surface area contributed by atoms with E-state index >= 15 is 0 Å². The summed E-state index contributed by atoms with van der Waals surface area (Å²) in [7, 11) is 0. The highest BCUT2D eigenvalue weighted by Crippen LogP contribution is 1.99. The molecular formula is C11H20O. The lowest BCUT2D eigenvalue weighted by atomic mass is 10.2. The monoisotopic (exact) mass is 168 g/mol. The molecule has 0 amide bonds. The van der Waals surface area contributed by atoms with E-state index in [9.17, 15) is 0 Å². The molecule has 0 radical (unpaired) electrons. The normalized spacial score (nSPS) is 14.6. The lowest BCUT2D eigenvalue weighted by Crippen LogP contribution is -1.96. The van der Waals surface area contributed by atoms with Crippen LogP contribution in [0.2, 0.25) is 0 Å². The molecule has 12 heavy (non-hydrogen) atoms. The molecule has 0 bridgehead atoms. The minimum atomic E-state index is -0.162. The Labute approximate surface area is 75.8 Å². The number of rotatable bonds is 6. The Morgan fingerprint density at radius 1 is 1.08 bits per heavy atom. The van der Waals surface area contributed by atoms with Crippen molar-refractivity contribution in [2.75, 3.05) is 0 Å². The van der Waals surface area contributed by atoms with Gasteiger partial charge in [0, 0.05) is 0 Å². The second-order valence-corrected chi connectivity index (χ2v) is 3.04. The Balaban J connectivity index is 3.14. The predicted octanol–water partition coefficient (Wildman–Crippen LogP) is 3.06. The van der Waals surface area contributed by atoms with Gasteiger partial charge in [-0.1, -0.05) is 24.3 Å². The average Bonchev–Trinajstić information content (AvgIpc) is 2.02. The number of unbranched alkanes of at least 4 members (excludes halogenated alkanes) is 1.